The van der Waals surface area contributed by atoms with Gasteiger partial charge in [-0.2, -0.15) is 13.2 Å². The van der Waals surface area contributed by atoms with E-state index in [-0.39, 0.29) is 25.0 Å². The Morgan fingerprint density at radius 1 is 1.05 bits per heavy atom. The van der Waals surface area contributed by atoms with Gasteiger partial charge in [-0.1, -0.05) is 0 Å². The first-order chi connectivity index (χ1) is 17.2. The molecule has 0 saturated carbocycles. The fourth-order valence-electron chi connectivity index (χ4n) is 2.98. The molecule has 3 aromatic rings. The van der Waals surface area contributed by atoms with E-state index in [1.165, 1.54) is 17.0 Å². The molecule has 0 bridgehead atoms. The summed E-state index contributed by atoms with van der Waals surface area (Å²) >= 11 is 0. The highest BCUT2D eigenvalue weighted by atomic mass is 32.3. The van der Waals surface area contributed by atoms with Gasteiger partial charge in [0.1, 0.15) is 19.2 Å². The van der Waals surface area contributed by atoms with E-state index in [0.717, 1.165) is 11.9 Å². The van der Waals surface area contributed by atoms with Crippen LogP contribution in [0.15, 0.2) is 42.9 Å². The lowest BCUT2D eigenvalue weighted by molar-refractivity contribution is -0.148. The molecule has 0 unspecified atom stereocenters. The largest absolute Gasteiger partial charge is 0.481 e. The van der Waals surface area contributed by atoms with Crippen molar-refractivity contribution in [1.29, 1.82) is 0 Å². The maximum absolute atomic E-state index is 13.3. The van der Waals surface area contributed by atoms with Crippen LogP contribution >= 0.6 is 10.0 Å². The normalized spacial score (nSPS) is 13.0. The minimum Gasteiger partial charge on any atom is -0.481 e. The molecule has 0 fully saturated rings. The number of imidazole rings is 1. The van der Waals surface area contributed by atoms with Crippen LogP contribution in [0.1, 0.15) is 19.5 Å². The summed E-state index contributed by atoms with van der Waals surface area (Å²) < 4.78 is 52.5. The van der Waals surface area contributed by atoms with E-state index in [2.05, 4.69) is 33.7 Å². The number of rotatable bonds is 11. The van der Waals surface area contributed by atoms with Gasteiger partial charge in [0.25, 0.3) is 0 Å². The van der Waals surface area contributed by atoms with Gasteiger partial charge in [0.15, 0.2) is 5.69 Å². The molecule has 0 aliphatic heterocycles. The molecule has 0 aliphatic carbocycles. The minimum atomic E-state index is -4.59. The zero-order valence-corrected chi connectivity index (χ0v) is 22.2. The number of halogens is 3. The number of carboxylic acid groups (broad SMARTS) is 1. The number of aliphatic carboxylic acids is 1. The second-order valence-corrected chi connectivity index (χ2v) is 14.6. The average Bonchev–Trinajstić information content (AvgIpc) is 3.25. The van der Waals surface area contributed by atoms with E-state index in [9.17, 15) is 23.1 Å². The van der Waals surface area contributed by atoms with Gasteiger partial charge in [0.2, 0.25) is 5.88 Å². The lowest BCUT2D eigenvalue weighted by Crippen LogP contribution is -2.30. The first kappa shape index (κ1) is 28.5. The molecule has 0 saturated heterocycles. The molecule has 3 rings (SSSR count). The van der Waals surface area contributed by atoms with Crippen molar-refractivity contribution in [2.45, 2.75) is 26.8 Å². The predicted octanol–water partition coefficient (Wildman–Crippen LogP) is 5.18. The number of nitrogens with zero attached hydrogens (tertiary/aromatic N) is 4. The summed E-state index contributed by atoms with van der Waals surface area (Å²) in [5, 5.41) is 9.18. The molecule has 0 aliphatic rings. The lowest BCUT2D eigenvalue weighted by Gasteiger charge is -2.24. The number of hydrogen-bond donors (Lipinski definition) is 1. The topological polar surface area (TPSA) is 99.4 Å². The summed E-state index contributed by atoms with van der Waals surface area (Å²) in [6, 6.07) is 6.62. The molecule has 0 spiro atoms. The van der Waals surface area contributed by atoms with Crippen LogP contribution in [-0.4, -0.2) is 68.3 Å². The van der Waals surface area contributed by atoms with Crippen LogP contribution in [0.3, 0.4) is 0 Å². The van der Waals surface area contributed by atoms with Gasteiger partial charge < -0.3 is 19.1 Å². The highest BCUT2D eigenvalue weighted by Crippen LogP contribution is 2.34. The standard InChI is InChI=1S/C25H31F3N4O4S/c1-24(2,23(33)34)15-36-21-9-7-17(12-30-21)19-8-6-18(13-29-19)22-31-20(25(26,27)28)14-32(22)16-35-10-11-37(3,4)5/h6-9,12-14H,10-11,15-16H2,1-5H3,(H,33,34). The molecule has 0 radical (unpaired) electrons. The second kappa shape index (κ2) is 11.1. The minimum absolute atomic E-state index is 0.0464. The van der Waals surface area contributed by atoms with Gasteiger partial charge in [-0.25, -0.2) is 20.0 Å². The molecule has 0 aromatic carbocycles. The summed E-state index contributed by atoms with van der Waals surface area (Å²) in [5.74, 6) is 0.241. The van der Waals surface area contributed by atoms with Crippen molar-refractivity contribution in [3.63, 3.8) is 0 Å². The first-order valence-electron chi connectivity index (χ1n) is 11.3. The smallest absolute Gasteiger partial charge is 0.434 e. The van der Waals surface area contributed by atoms with E-state index in [0.29, 0.717) is 23.4 Å². The number of pyridine rings is 2. The van der Waals surface area contributed by atoms with Crippen molar-refractivity contribution >= 4 is 16.0 Å². The van der Waals surface area contributed by atoms with Crippen LogP contribution in [0.2, 0.25) is 0 Å². The average molecular weight is 541 g/mol. The van der Waals surface area contributed by atoms with Gasteiger partial charge >= 0.3 is 12.1 Å². The lowest BCUT2D eigenvalue weighted by atomic mass is 9.95. The van der Waals surface area contributed by atoms with E-state index >= 15 is 0 Å². The van der Waals surface area contributed by atoms with E-state index in [4.69, 9.17) is 9.47 Å². The monoisotopic (exact) mass is 540 g/mol. The fraction of sp³-hybridized carbons (Fsp3) is 0.440. The number of ether oxygens (including phenoxy) is 2. The van der Waals surface area contributed by atoms with Crippen LogP contribution in [0, 0.1) is 5.41 Å². The number of carboxylic acids is 1. The van der Waals surface area contributed by atoms with E-state index in [1.807, 2.05) is 0 Å². The molecular formula is C25H31F3N4O4S. The van der Waals surface area contributed by atoms with Gasteiger partial charge in [0, 0.05) is 41.5 Å². The highest BCUT2D eigenvalue weighted by Gasteiger charge is 2.35. The summed E-state index contributed by atoms with van der Waals surface area (Å²) in [6.45, 7) is 3.44. The van der Waals surface area contributed by atoms with E-state index in [1.54, 1.807) is 38.1 Å². The van der Waals surface area contributed by atoms with Crippen LogP contribution in [0.5, 0.6) is 5.88 Å². The van der Waals surface area contributed by atoms with Crippen molar-refractivity contribution in [3.8, 4) is 28.5 Å². The predicted molar refractivity (Wildman–Crippen MR) is 137 cm³/mol. The SMILES string of the molecule is CC(C)(COc1ccc(-c2ccc(-c3nc(C(F)(F)F)cn3COCCS(C)(C)C)cn2)cn1)C(=O)O. The molecule has 37 heavy (non-hydrogen) atoms. The molecule has 202 valence electrons. The third kappa shape index (κ3) is 7.93. The molecule has 3 heterocycles. The van der Waals surface area contributed by atoms with Crippen molar-refractivity contribution in [2.24, 2.45) is 5.41 Å². The maximum Gasteiger partial charge on any atom is 0.434 e. The molecule has 1 N–H and O–H groups in total. The zero-order chi connectivity index (χ0) is 27.4. The maximum atomic E-state index is 13.3. The molecule has 12 heteroatoms. The summed E-state index contributed by atoms with van der Waals surface area (Å²) in [7, 11) is -0.783. The Morgan fingerprint density at radius 2 is 1.73 bits per heavy atom. The summed E-state index contributed by atoms with van der Waals surface area (Å²) in [4.78, 5) is 23.6. The summed E-state index contributed by atoms with van der Waals surface area (Å²) in [6.07, 6.45) is 5.77. The van der Waals surface area contributed by atoms with Gasteiger partial charge in [-0.3, -0.25) is 9.78 Å². The Labute approximate surface area is 215 Å². The summed E-state index contributed by atoms with van der Waals surface area (Å²) in [5.41, 5.74) is -0.444. The number of hydrogen-bond acceptors (Lipinski definition) is 6. The quantitative estimate of drug-likeness (QED) is 0.335. The first-order valence-corrected chi connectivity index (χ1v) is 14.4. The van der Waals surface area contributed by atoms with Crippen molar-refractivity contribution < 1.29 is 32.5 Å². The van der Waals surface area contributed by atoms with Crippen LogP contribution in [0.4, 0.5) is 13.2 Å². The van der Waals surface area contributed by atoms with Crippen LogP contribution in [0.25, 0.3) is 22.6 Å². The van der Waals surface area contributed by atoms with Gasteiger partial charge in [0.05, 0.1) is 17.7 Å². The molecular weight excluding hydrogens is 509 g/mol. The Hall–Kier alpha value is -3.12. The fourth-order valence-corrected chi connectivity index (χ4v) is 3.60. The molecule has 0 amide bonds. The number of alkyl halides is 3. The Balaban J connectivity index is 1.75. The van der Waals surface area contributed by atoms with Crippen molar-refractivity contribution in [3.05, 3.63) is 48.5 Å². The van der Waals surface area contributed by atoms with E-state index < -0.39 is 33.3 Å². The van der Waals surface area contributed by atoms with Crippen LogP contribution in [-0.2, 0) is 22.4 Å². The third-order valence-corrected chi connectivity index (χ3v) is 6.74. The Kier molecular flexibility index (Phi) is 8.53. The Bertz CT molecular complexity index is 1200. The van der Waals surface area contributed by atoms with Gasteiger partial charge in [-0.05, 0) is 50.8 Å². The highest BCUT2D eigenvalue weighted by molar-refractivity contribution is 8.32. The van der Waals surface area contributed by atoms with Crippen molar-refractivity contribution in [2.75, 3.05) is 37.7 Å². The zero-order valence-electron chi connectivity index (χ0n) is 21.4. The van der Waals surface area contributed by atoms with Crippen molar-refractivity contribution in [1.82, 2.24) is 19.5 Å². The molecule has 8 nitrogen and oxygen atoms in total. The number of aromatic nitrogens is 4. The third-order valence-electron chi connectivity index (χ3n) is 5.35. The van der Waals surface area contributed by atoms with Crippen LogP contribution < -0.4 is 4.74 Å². The number of carbonyl (C=O) groups is 1. The molecule has 3 aromatic heterocycles. The Morgan fingerprint density at radius 3 is 2.27 bits per heavy atom. The second-order valence-electron chi connectivity index (χ2n) is 10.0. The molecule has 0 atom stereocenters. The van der Waals surface area contributed by atoms with Gasteiger partial charge in [-0.15, -0.1) is 0 Å².